The standard InChI is InChI=1S/C19H19F2N3O2/c1-23(13-17-22-11-12-24(17)19(20)21)18(25)10-8-15-7-9-16(26-15)14-5-3-2-4-6-14/h2-7,9,11-12,19H,8,10,13H2,1H3. The van der Waals surface area contributed by atoms with Crippen LogP contribution in [0.5, 0.6) is 0 Å². The third-order valence-corrected chi connectivity index (χ3v) is 4.07. The summed E-state index contributed by atoms with van der Waals surface area (Å²) in [6, 6.07) is 13.4. The van der Waals surface area contributed by atoms with Gasteiger partial charge in [0.15, 0.2) is 0 Å². The Morgan fingerprint density at radius 1 is 1.23 bits per heavy atom. The van der Waals surface area contributed by atoms with Gasteiger partial charge in [-0.15, -0.1) is 0 Å². The molecule has 0 atom stereocenters. The molecule has 0 fully saturated rings. The van der Waals surface area contributed by atoms with E-state index in [1.807, 2.05) is 42.5 Å². The summed E-state index contributed by atoms with van der Waals surface area (Å²) < 4.78 is 32.2. The van der Waals surface area contributed by atoms with Crippen molar-refractivity contribution in [1.82, 2.24) is 14.5 Å². The number of hydrogen-bond donors (Lipinski definition) is 0. The number of amides is 1. The monoisotopic (exact) mass is 359 g/mol. The van der Waals surface area contributed by atoms with Crippen LogP contribution in [0.2, 0.25) is 0 Å². The van der Waals surface area contributed by atoms with Gasteiger partial charge in [0.1, 0.15) is 17.3 Å². The third-order valence-electron chi connectivity index (χ3n) is 4.07. The second kappa shape index (κ2) is 7.95. The summed E-state index contributed by atoms with van der Waals surface area (Å²) >= 11 is 0. The molecule has 0 saturated heterocycles. The summed E-state index contributed by atoms with van der Waals surface area (Å²) in [7, 11) is 1.57. The van der Waals surface area contributed by atoms with Crippen molar-refractivity contribution < 1.29 is 18.0 Å². The van der Waals surface area contributed by atoms with Crippen LogP contribution in [-0.4, -0.2) is 27.4 Å². The molecule has 0 aliphatic rings. The van der Waals surface area contributed by atoms with Gasteiger partial charge < -0.3 is 9.32 Å². The molecular formula is C19H19F2N3O2. The molecule has 136 valence electrons. The number of carbonyl (C=O) groups excluding carboxylic acids is 1. The number of aromatic nitrogens is 2. The minimum absolute atomic E-state index is 0.0313. The Morgan fingerprint density at radius 2 is 2.00 bits per heavy atom. The van der Waals surface area contributed by atoms with E-state index < -0.39 is 6.55 Å². The van der Waals surface area contributed by atoms with Crippen LogP contribution in [-0.2, 0) is 17.8 Å². The molecule has 0 N–H and O–H groups in total. The largest absolute Gasteiger partial charge is 0.461 e. The summed E-state index contributed by atoms with van der Waals surface area (Å²) in [5, 5.41) is 0. The molecule has 7 heteroatoms. The van der Waals surface area contributed by atoms with Gasteiger partial charge in [0.05, 0.1) is 6.54 Å². The summed E-state index contributed by atoms with van der Waals surface area (Å²) in [4.78, 5) is 17.5. The Morgan fingerprint density at radius 3 is 2.73 bits per heavy atom. The lowest BCUT2D eigenvalue weighted by atomic mass is 10.2. The van der Waals surface area contributed by atoms with Crippen molar-refractivity contribution in [3.8, 4) is 11.3 Å². The first-order valence-electron chi connectivity index (χ1n) is 8.22. The van der Waals surface area contributed by atoms with Crippen molar-refractivity contribution in [3.63, 3.8) is 0 Å². The van der Waals surface area contributed by atoms with E-state index >= 15 is 0 Å². The van der Waals surface area contributed by atoms with E-state index in [0.717, 1.165) is 15.9 Å². The van der Waals surface area contributed by atoms with Gasteiger partial charge >= 0.3 is 6.55 Å². The SMILES string of the molecule is CN(Cc1nccn1C(F)F)C(=O)CCc1ccc(-c2ccccc2)o1. The van der Waals surface area contributed by atoms with Crippen molar-refractivity contribution in [2.75, 3.05) is 7.05 Å². The van der Waals surface area contributed by atoms with Crippen LogP contribution >= 0.6 is 0 Å². The molecule has 0 spiro atoms. The molecular weight excluding hydrogens is 340 g/mol. The van der Waals surface area contributed by atoms with Crippen LogP contribution in [0.4, 0.5) is 8.78 Å². The van der Waals surface area contributed by atoms with E-state index in [-0.39, 0.29) is 24.7 Å². The fourth-order valence-corrected chi connectivity index (χ4v) is 2.64. The van der Waals surface area contributed by atoms with Gasteiger partial charge in [-0.1, -0.05) is 30.3 Å². The van der Waals surface area contributed by atoms with E-state index in [1.54, 1.807) is 7.05 Å². The predicted molar refractivity (Wildman–Crippen MR) is 92.4 cm³/mol. The second-order valence-electron chi connectivity index (χ2n) is 5.91. The van der Waals surface area contributed by atoms with Gasteiger partial charge in [-0.2, -0.15) is 8.78 Å². The molecule has 0 unspecified atom stereocenters. The van der Waals surface area contributed by atoms with E-state index in [1.165, 1.54) is 17.3 Å². The molecule has 2 heterocycles. The van der Waals surface area contributed by atoms with Crippen molar-refractivity contribution in [2.24, 2.45) is 0 Å². The maximum atomic E-state index is 12.8. The van der Waals surface area contributed by atoms with Crippen LogP contribution in [0, 0.1) is 0 Å². The van der Waals surface area contributed by atoms with Gasteiger partial charge in [0.25, 0.3) is 0 Å². The molecule has 0 radical (unpaired) electrons. The van der Waals surface area contributed by atoms with E-state index in [9.17, 15) is 13.6 Å². The lowest BCUT2D eigenvalue weighted by Gasteiger charge is -2.17. The number of nitrogens with zero attached hydrogens (tertiary/aromatic N) is 3. The summed E-state index contributed by atoms with van der Waals surface area (Å²) in [6.07, 6.45) is 3.17. The van der Waals surface area contributed by atoms with E-state index in [0.29, 0.717) is 12.2 Å². The van der Waals surface area contributed by atoms with Crippen LogP contribution in [0.25, 0.3) is 11.3 Å². The number of aryl methyl sites for hydroxylation is 1. The Kier molecular flexibility index (Phi) is 5.46. The van der Waals surface area contributed by atoms with Crippen molar-refractivity contribution in [1.29, 1.82) is 0 Å². The van der Waals surface area contributed by atoms with Crippen molar-refractivity contribution in [3.05, 3.63) is 66.4 Å². The highest BCUT2D eigenvalue weighted by atomic mass is 19.3. The van der Waals surface area contributed by atoms with Crippen LogP contribution in [0.15, 0.2) is 59.3 Å². The molecule has 2 aromatic heterocycles. The number of halogens is 2. The second-order valence-corrected chi connectivity index (χ2v) is 5.91. The van der Waals surface area contributed by atoms with E-state index in [4.69, 9.17) is 4.42 Å². The molecule has 0 bridgehead atoms. The lowest BCUT2D eigenvalue weighted by molar-refractivity contribution is -0.130. The molecule has 3 rings (SSSR count). The molecule has 3 aromatic rings. The summed E-state index contributed by atoms with van der Waals surface area (Å²) in [5.74, 6) is 1.45. The van der Waals surface area contributed by atoms with Crippen molar-refractivity contribution in [2.45, 2.75) is 25.9 Å². The quantitative estimate of drug-likeness (QED) is 0.637. The average Bonchev–Trinajstić information content (AvgIpc) is 3.29. The number of hydrogen-bond acceptors (Lipinski definition) is 3. The zero-order valence-corrected chi connectivity index (χ0v) is 14.3. The molecule has 26 heavy (non-hydrogen) atoms. The maximum absolute atomic E-state index is 12.8. The first kappa shape index (κ1) is 17.8. The molecule has 5 nitrogen and oxygen atoms in total. The number of carbonyl (C=O) groups is 1. The third kappa shape index (κ3) is 4.17. The Hall–Kier alpha value is -2.96. The number of benzene rings is 1. The Balaban J connectivity index is 1.55. The maximum Gasteiger partial charge on any atom is 0.319 e. The minimum Gasteiger partial charge on any atom is -0.461 e. The van der Waals surface area contributed by atoms with Gasteiger partial charge in [-0.3, -0.25) is 9.36 Å². The fourth-order valence-electron chi connectivity index (χ4n) is 2.64. The highest BCUT2D eigenvalue weighted by Crippen LogP contribution is 2.22. The molecule has 0 aliphatic carbocycles. The number of alkyl halides is 2. The summed E-state index contributed by atoms with van der Waals surface area (Å²) in [5.41, 5.74) is 0.973. The first-order chi connectivity index (χ1) is 12.5. The summed E-state index contributed by atoms with van der Waals surface area (Å²) in [6.45, 7) is -2.64. The molecule has 1 aromatic carbocycles. The van der Waals surface area contributed by atoms with Gasteiger partial charge in [-0.25, -0.2) is 4.98 Å². The smallest absolute Gasteiger partial charge is 0.319 e. The van der Waals surface area contributed by atoms with E-state index in [2.05, 4.69) is 4.98 Å². The number of rotatable bonds is 7. The molecule has 0 aliphatic heterocycles. The van der Waals surface area contributed by atoms with Gasteiger partial charge in [-0.05, 0) is 12.1 Å². The zero-order valence-electron chi connectivity index (χ0n) is 14.3. The Bertz CT molecular complexity index is 859. The fraction of sp³-hybridized carbons (Fsp3) is 0.263. The zero-order chi connectivity index (χ0) is 18.5. The number of furan rings is 1. The van der Waals surface area contributed by atoms with Crippen LogP contribution in [0.1, 0.15) is 24.6 Å². The molecule has 1 amide bonds. The highest BCUT2D eigenvalue weighted by Gasteiger charge is 2.16. The topological polar surface area (TPSA) is 51.3 Å². The first-order valence-corrected chi connectivity index (χ1v) is 8.22. The normalized spacial score (nSPS) is 11.1. The minimum atomic E-state index is -2.67. The Labute approximate surface area is 149 Å². The van der Waals surface area contributed by atoms with Gasteiger partial charge in [0.2, 0.25) is 5.91 Å². The lowest BCUT2D eigenvalue weighted by Crippen LogP contribution is -2.28. The highest BCUT2D eigenvalue weighted by molar-refractivity contribution is 5.76. The average molecular weight is 359 g/mol. The number of imidazole rings is 1. The predicted octanol–water partition coefficient (Wildman–Crippen LogP) is 4.13. The van der Waals surface area contributed by atoms with Crippen LogP contribution in [0.3, 0.4) is 0 Å². The molecule has 0 saturated carbocycles. The van der Waals surface area contributed by atoms with Crippen LogP contribution < -0.4 is 0 Å². The van der Waals surface area contributed by atoms with Crippen molar-refractivity contribution >= 4 is 5.91 Å². The van der Waals surface area contributed by atoms with Gasteiger partial charge in [0, 0.05) is 37.8 Å².